The maximum absolute atomic E-state index is 14.4. The maximum Gasteiger partial charge on any atom is 0.416 e. The Kier molecular flexibility index (Phi) is 7.40. The van der Waals surface area contributed by atoms with Crippen molar-refractivity contribution < 1.29 is 36.9 Å². The highest BCUT2D eigenvalue weighted by atomic mass is 19.4. The van der Waals surface area contributed by atoms with E-state index in [2.05, 4.69) is 9.47 Å². The zero-order valence-corrected chi connectivity index (χ0v) is 22.9. The lowest BCUT2D eigenvalue weighted by Crippen LogP contribution is -2.34. The Morgan fingerprint density at radius 3 is 2.64 bits per heavy atom. The lowest BCUT2D eigenvalue weighted by Gasteiger charge is -2.31. The van der Waals surface area contributed by atoms with Crippen molar-refractivity contribution in [3.63, 3.8) is 0 Å². The zero-order valence-electron chi connectivity index (χ0n) is 22.9. The molecule has 11 heteroatoms. The molecule has 1 N–H and O–H groups in total. The topological polar surface area (TPSA) is 76.8 Å². The van der Waals surface area contributed by atoms with E-state index in [0.717, 1.165) is 59.5 Å². The highest BCUT2D eigenvalue weighted by molar-refractivity contribution is 5.92. The summed E-state index contributed by atoms with van der Waals surface area (Å²) in [6, 6.07) is 11.4. The zero-order chi connectivity index (χ0) is 29.6. The number of carboxylic acid groups (broad SMARTS) is 1. The van der Waals surface area contributed by atoms with Crippen molar-refractivity contribution in [1.29, 1.82) is 0 Å². The number of carboxylic acids is 1. The Morgan fingerprint density at radius 1 is 1.14 bits per heavy atom. The quantitative estimate of drug-likeness (QED) is 0.252. The summed E-state index contributed by atoms with van der Waals surface area (Å²) in [5.41, 5.74) is 3.80. The summed E-state index contributed by atoms with van der Waals surface area (Å²) in [4.78, 5) is 18.7. The monoisotopic (exact) mass is 583 g/mol. The van der Waals surface area contributed by atoms with Gasteiger partial charge in [-0.1, -0.05) is 12.1 Å². The van der Waals surface area contributed by atoms with Gasteiger partial charge in [0.1, 0.15) is 24.0 Å². The standard InChI is InChI=1S/C31H29F4N3O4/c1-18-10-19-6-8-37(14-22(19)12-28(18)42-17-21-2-4-23(13-25(21)32)31(33,34)35)16-29-36-26-5-3-20(30(39)40)11-27(26)38(29)15-24-7-9-41-24/h2-5,10-13,24H,6-9,14-17H2,1H3,(H,39,40)/t24-/m0/s1. The summed E-state index contributed by atoms with van der Waals surface area (Å²) in [7, 11) is 0. The van der Waals surface area contributed by atoms with Crippen LogP contribution in [-0.4, -0.2) is 44.8 Å². The van der Waals surface area contributed by atoms with Crippen LogP contribution in [-0.2, 0) is 43.6 Å². The van der Waals surface area contributed by atoms with E-state index in [0.29, 0.717) is 38.1 Å². The SMILES string of the molecule is Cc1cc2c(cc1OCc1ccc(C(F)(F)F)cc1F)CN(Cc1nc3ccc(C(=O)O)cc3n1C[C@@H]1CCO1)CC2. The fourth-order valence-electron chi connectivity index (χ4n) is 5.52. The number of aryl methyl sites for hydroxylation is 1. The minimum Gasteiger partial charge on any atom is -0.489 e. The van der Waals surface area contributed by atoms with Crippen molar-refractivity contribution in [3.05, 3.63) is 93.6 Å². The molecule has 42 heavy (non-hydrogen) atoms. The molecule has 7 nitrogen and oxygen atoms in total. The van der Waals surface area contributed by atoms with E-state index >= 15 is 0 Å². The number of fused-ring (bicyclic) bond motifs is 2. The van der Waals surface area contributed by atoms with Gasteiger partial charge in [-0.05, 0) is 72.9 Å². The molecule has 0 aliphatic carbocycles. The first-order valence-corrected chi connectivity index (χ1v) is 13.7. The van der Waals surface area contributed by atoms with Crippen LogP contribution >= 0.6 is 0 Å². The summed E-state index contributed by atoms with van der Waals surface area (Å²) < 4.78 is 66.6. The third-order valence-electron chi connectivity index (χ3n) is 7.97. The van der Waals surface area contributed by atoms with Gasteiger partial charge in [-0.15, -0.1) is 0 Å². The van der Waals surface area contributed by atoms with Gasteiger partial charge in [-0.25, -0.2) is 14.2 Å². The molecule has 220 valence electrons. The van der Waals surface area contributed by atoms with E-state index in [1.165, 1.54) is 5.56 Å². The van der Waals surface area contributed by atoms with E-state index in [4.69, 9.17) is 14.5 Å². The van der Waals surface area contributed by atoms with E-state index in [9.17, 15) is 27.5 Å². The van der Waals surface area contributed by atoms with E-state index in [1.807, 2.05) is 19.1 Å². The van der Waals surface area contributed by atoms with Gasteiger partial charge in [-0.2, -0.15) is 13.2 Å². The number of carbonyl (C=O) groups is 1. The Bertz CT molecular complexity index is 1660. The van der Waals surface area contributed by atoms with Gasteiger partial charge in [0.25, 0.3) is 0 Å². The second kappa shape index (κ2) is 11.0. The van der Waals surface area contributed by atoms with Crippen molar-refractivity contribution in [2.24, 2.45) is 0 Å². The number of hydrogen-bond donors (Lipinski definition) is 1. The average molecular weight is 584 g/mol. The third-order valence-corrected chi connectivity index (χ3v) is 7.97. The normalized spacial score (nSPS) is 17.2. The molecule has 6 rings (SSSR count). The van der Waals surface area contributed by atoms with Crippen molar-refractivity contribution in [1.82, 2.24) is 14.5 Å². The molecule has 1 atom stereocenters. The van der Waals surface area contributed by atoms with Crippen molar-refractivity contribution in [2.75, 3.05) is 13.2 Å². The summed E-state index contributed by atoms with van der Waals surface area (Å²) >= 11 is 0. The minimum atomic E-state index is -4.61. The van der Waals surface area contributed by atoms with Gasteiger partial charge < -0.3 is 19.1 Å². The van der Waals surface area contributed by atoms with Gasteiger partial charge in [-0.3, -0.25) is 4.90 Å². The molecule has 0 unspecified atom stereocenters. The molecule has 3 heterocycles. The Labute approximate surface area is 239 Å². The van der Waals surface area contributed by atoms with Gasteiger partial charge in [0.2, 0.25) is 0 Å². The molecule has 1 aromatic heterocycles. The van der Waals surface area contributed by atoms with Gasteiger partial charge in [0.15, 0.2) is 0 Å². The number of rotatable bonds is 8. The molecule has 1 saturated heterocycles. The molecule has 4 aromatic rings. The number of benzene rings is 3. The number of hydrogen-bond acceptors (Lipinski definition) is 5. The fraction of sp³-hybridized carbons (Fsp3) is 0.355. The summed E-state index contributed by atoms with van der Waals surface area (Å²) in [5, 5.41) is 9.50. The smallest absolute Gasteiger partial charge is 0.416 e. The number of aromatic nitrogens is 2. The fourth-order valence-corrected chi connectivity index (χ4v) is 5.52. The van der Waals surface area contributed by atoms with Crippen molar-refractivity contribution >= 4 is 17.0 Å². The van der Waals surface area contributed by atoms with Crippen LogP contribution in [0.15, 0.2) is 48.5 Å². The lowest BCUT2D eigenvalue weighted by atomic mass is 9.97. The van der Waals surface area contributed by atoms with Gasteiger partial charge >= 0.3 is 12.1 Å². The Hall–Kier alpha value is -3.96. The molecule has 3 aromatic carbocycles. The number of halogens is 4. The Morgan fingerprint density at radius 2 is 1.95 bits per heavy atom. The lowest BCUT2D eigenvalue weighted by molar-refractivity contribution is -0.137. The predicted molar refractivity (Wildman–Crippen MR) is 146 cm³/mol. The summed E-state index contributed by atoms with van der Waals surface area (Å²) in [5.74, 6) is -0.580. The highest BCUT2D eigenvalue weighted by Crippen LogP contribution is 2.32. The first-order valence-electron chi connectivity index (χ1n) is 13.7. The second-order valence-electron chi connectivity index (χ2n) is 10.9. The van der Waals surface area contributed by atoms with Crippen molar-refractivity contribution in [3.8, 4) is 5.75 Å². The maximum atomic E-state index is 14.4. The molecule has 0 spiro atoms. The van der Waals surface area contributed by atoms with Crippen LogP contribution in [0.25, 0.3) is 11.0 Å². The van der Waals surface area contributed by atoms with Crippen LogP contribution in [0.4, 0.5) is 17.6 Å². The molecule has 0 bridgehead atoms. The Balaban J connectivity index is 1.20. The minimum absolute atomic E-state index is 0.0437. The van der Waals surface area contributed by atoms with Crippen LogP contribution in [0.5, 0.6) is 5.75 Å². The molecule has 2 aliphatic heterocycles. The number of aromatic carboxylic acids is 1. The van der Waals surface area contributed by atoms with Crippen molar-refractivity contribution in [2.45, 2.75) is 58.3 Å². The number of ether oxygens (including phenoxy) is 2. The van der Waals surface area contributed by atoms with Crippen LogP contribution in [0.3, 0.4) is 0 Å². The summed E-state index contributed by atoms with van der Waals surface area (Å²) in [6.45, 7) is 4.96. The van der Waals surface area contributed by atoms with Gasteiger partial charge in [0, 0.05) is 25.3 Å². The molecule has 0 saturated carbocycles. The number of nitrogens with zero attached hydrogens (tertiary/aromatic N) is 3. The first-order chi connectivity index (χ1) is 20.0. The predicted octanol–water partition coefficient (Wildman–Crippen LogP) is 6.13. The molecule has 1 fully saturated rings. The largest absolute Gasteiger partial charge is 0.489 e. The molecular formula is C31H29F4N3O4. The second-order valence-corrected chi connectivity index (χ2v) is 10.9. The number of imidazole rings is 1. The first kappa shape index (κ1) is 28.2. The van der Waals surface area contributed by atoms with E-state index in [-0.39, 0.29) is 23.8 Å². The molecular weight excluding hydrogens is 554 g/mol. The van der Waals surface area contributed by atoms with E-state index in [1.54, 1.807) is 18.2 Å². The third kappa shape index (κ3) is 5.71. The van der Waals surface area contributed by atoms with Gasteiger partial charge in [0.05, 0.1) is 41.4 Å². The molecule has 2 aliphatic rings. The van der Waals surface area contributed by atoms with E-state index < -0.39 is 23.5 Å². The van der Waals surface area contributed by atoms with Crippen LogP contribution in [0, 0.1) is 12.7 Å². The summed E-state index contributed by atoms with van der Waals surface area (Å²) in [6.07, 6.45) is -2.81. The highest BCUT2D eigenvalue weighted by Gasteiger charge is 2.31. The van der Waals surface area contributed by atoms with Crippen LogP contribution in [0.1, 0.15) is 50.4 Å². The average Bonchev–Trinajstić information content (AvgIpc) is 3.25. The molecule has 0 amide bonds. The van der Waals surface area contributed by atoms with Crippen LogP contribution in [0.2, 0.25) is 0 Å². The van der Waals surface area contributed by atoms with Crippen LogP contribution < -0.4 is 4.74 Å². The number of alkyl halides is 3. The molecule has 0 radical (unpaired) electrons.